The highest BCUT2D eigenvalue weighted by Crippen LogP contribution is 2.26. The van der Waals surface area contributed by atoms with Gasteiger partial charge in [-0.2, -0.15) is 9.97 Å². The maximum Gasteiger partial charge on any atom is 0.320 e. The van der Waals surface area contributed by atoms with Crippen LogP contribution in [-0.4, -0.2) is 45.9 Å². The number of methoxy groups -OCH3 is 1. The second-order valence-corrected chi connectivity index (χ2v) is 7.69. The van der Waals surface area contributed by atoms with Gasteiger partial charge in [0, 0.05) is 13.7 Å². The van der Waals surface area contributed by atoms with Gasteiger partial charge in [0.05, 0.1) is 25.6 Å². The van der Waals surface area contributed by atoms with Gasteiger partial charge in [0.25, 0.3) is 0 Å². The molecule has 0 radical (unpaired) electrons. The SMILES string of the molecule is COC(CCn1cnc2c(N)nc(OCCC3CCCCC3)nc21)COI. The van der Waals surface area contributed by atoms with Gasteiger partial charge in [-0.1, -0.05) is 32.1 Å². The third kappa shape index (κ3) is 5.64. The zero-order valence-corrected chi connectivity index (χ0v) is 17.9. The van der Waals surface area contributed by atoms with Crippen molar-refractivity contribution >= 4 is 40.0 Å². The summed E-state index contributed by atoms with van der Waals surface area (Å²) in [6.45, 7) is 1.87. The Morgan fingerprint density at radius 1 is 1.30 bits per heavy atom. The fourth-order valence-corrected chi connectivity index (χ4v) is 3.99. The smallest absolute Gasteiger partial charge is 0.320 e. The van der Waals surface area contributed by atoms with Crippen LogP contribution in [0.15, 0.2) is 6.33 Å². The second-order valence-electron chi connectivity index (χ2n) is 7.06. The molecule has 8 nitrogen and oxygen atoms in total. The third-order valence-corrected chi connectivity index (χ3v) is 5.59. The molecule has 2 aromatic rings. The molecule has 1 aliphatic rings. The second kappa shape index (κ2) is 10.4. The number of nitrogens with two attached hydrogens (primary N) is 1. The van der Waals surface area contributed by atoms with Gasteiger partial charge in [-0.3, -0.25) is 0 Å². The Kier molecular flexibility index (Phi) is 7.89. The lowest BCUT2D eigenvalue weighted by Gasteiger charge is -2.21. The van der Waals surface area contributed by atoms with Crippen LogP contribution in [0.4, 0.5) is 5.82 Å². The molecule has 0 aliphatic heterocycles. The fourth-order valence-electron chi connectivity index (χ4n) is 3.59. The van der Waals surface area contributed by atoms with Crippen LogP contribution in [-0.2, 0) is 14.3 Å². The Labute approximate surface area is 173 Å². The number of hydrogen-bond donors (Lipinski definition) is 1. The van der Waals surface area contributed by atoms with Crippen LogP contribution in [0.2, 0.25) is 0 Å². The van der Waals surface area contributed by atoms with Gasteiger partial charge >= 0.3 is 6.01 Å². The van der Waals surface area contributed by atoms with Crippen molar-refractivity contribution in [3.63, 3.8) is 0 Å². The number of ether oxygens (including phenoxy) is 2. The molecule has 1 aliphatic carbocycles. The molecule has 150 valence electrons. The molecule has 1 saturated carbocycles. The number of anilines is 1. The standard InChI is InChI=1S/C18H28IN5O3/c1-25-14(11-27-19)7-9-24-12-21-15-16(20)22-18(23-17(15)24)26-10-8-13-5-3-2-4-6-13/h12-14H,2-11H2,1H3,(H2,20,22,23). The summed E-state index contributed by atoms with van der Waals surface area (Å²) in [6.07, 6.45) is 10.2. The van der Waals surface area contributed by atoms with Gasteiger partial charge in [-0.15, -0.1) is 0 Å². The van der Waals surface area contributed by atoms with Crippen molar-refractivity contribution in [3.05, 3.63) is 6.33 Å². The number of imidazole rings is 1. The fraction of sp³-hybridized carbons (Fsp3) is 0.722. The predicted octanol–water partition coefficient (Wildman–Crippen LogP) is 3.53. The molecule has 0 amide bonds. The molecule has 27 heavy (non-hydrogen) atoms. The molecule has 2 N–H and O–H groups in total. The number of hydrogen-bond acceptors (Lipinski definition) is 7. The van der Waals surface area contributed by atoms with Crippen LogP contribution >= 0.6 is 23.0 Å². The van der Waals surface area contributed by atoms with Crippen LogP contribution < -0.4 is 10.5 Å². The molecule has 3 rings (SSSR count). The maximum absolute atomic E-state index is 6.06. The minimum absolute atomic E-state index is 0.0183. The molecule has 1 atom stereocenters. The Balaban J connectivity index is 1.62. The molecular weight excluding hydrogens is 461 g/mol. The van der Waals surface area contributed by atoms with E-state index in [2.05, 4.69) is 15.0 Å². The van der Waals surface area contributed by atoms with Crippen molar-refractivity contribution in [2.75, 3.05) is 26.1 Å². The monoisotopic (exact) mass is 489 g/mol. The summed E-state index contributed by atoms with van der Waals surface area (Å²) >= 11 is 1.88. The first-order valence-electron chi connectivity index (χ1n) is 9.58. The summed E-state index contributed by atoms with van der Waals surface area (Å²) in [7, 11) is 1.69. The molecule has 0 spiro atoms. The summed E-state index contributed by atoms with van der Waals surface area (Å²) < 4.78 is 18.3. The average molecular weight is 489 g/mol. The molecule has 2 heterocycles. The van der Waals surface area contributed by atoms with Gasteiger partial charge in [0.1, 0.15) is 23.0 Å². The Morgan fingerprint density at radius 3 is 2.85 bits per heavy atom. The van der Waals surface area contributed by atoms with E-state index in [-0.39, 0.29) is 6.10 Å². The van der Waals surface area contributed by atoms with E-state index in [1.165, 1.54) is 32.1 Å². The van der Waals surface area contributed by atoms with Crippen molar-refractivity contribution in [2.24, 2.45) is 5.92 Å². The van der Waals surface area contributed by atoms with E-state index in [4.69, 9.17) is 18.3 Å². The summed E-state index contributed by atoms with van der Waals surface area (Å²) in [5.41, 5.74) is 7.36. The summed E-state index contributed by atoms with van der Waals surface area (Å²) in [4.78, 5) is 13.1. The Bertz CT molecular complexity index is 720. The van der Waals surface area contributed by atoms with E-state index in [9.17, 15) is 0 Å². The van der Waals surface area contributed by atoms with Gasteiger partial charge in [0.15, 0.2) is 17.0 Å². The minimum atomic E-state index is 0.0183. The largest absolute Gasteiger partial charge is 0.463 e. The minimum Gasteiger partial charge on any atom is -0.463 e. The van der Waals surface area contributed by atoms with E-state index < -0.39 is 0 Å². The topological polar surface area (TPSA) is 97.3 Å². The zero-order chi connectivity index (χ0) is 19.1. The maximum atomic E-state index is 6.06. The normalized spacial score (nSPS) is 16.7. The van der Waals surface area contributed by atoms with Crippen molar-refractivity contribution in [2.45, 2.75) is 57.6 Å². The van der Waals surface area contributed by atoms with E-state index in [0.717, 1.165) is 18.8 Å². The number of rotatable bonds is 10. The van der Waals surface area contributed by atoms with Crippen molar-refractivity contribution in [3.8, 4) is 6.01 Å². The first kappa shape index (κ1) is 20.5. The highest BCUT2D eigenvalue weighted by molar-refractivity contribution is 14.1. The lowest BCUT2D eigenvalue weighted by Crippen LogP contribution is -2.18. The molecule has 2 aromatic heterocycles. The number of nitrogen functional groups attached to an aromatic ring is 1. The Morgan fingerprint density at radius 2 is 2.11 bits per heavy atom. The van der Waals surface area contributed by atoms with Gasteiger partial charge in [0.2, 0.25) is 0 Å². The number of aromatic nitrogens is 4. The number of aryl methyl sites for hydroxylation is 1. The van der Waals surface area contributed by atoms with Gasteiger partial charge in [-0.25, -0.2) is 4.98 Å². The molecule has 0 saturated heterocycles. The van der Waals surface area contributed by atoms with Gasteiger partial charge in [-0.05, 0) is 18.8 Å². The van der Waals surface area contributed by atoms with Crippen LogP contribution in [0.5, 0.6) is 6.01 Å². The van der Waals surface area contributed by atoms with Crippen LogP contribution in [0.25, 0.3) is 11.2 Å². The molecule has 9 heteroatoms. The summed E-state index contributed by atoms with van der Waals surface area (Å²) in [5, 5.41) is 0. The van der Waals surface area contributed by atoms with Crippen molar-refractivity contribution < 1.29 is 12.5 Å². The number of fused-ring (bicyclic) bond motifs is 1. The molecular formula is C18H28IN5O3. The lowest BCUT2D eigenvalue weighted by molar-refractivity contribution is 0.0623. The average Bonchev–Trinajstić information content (AvgIpc) is 3.09. The van der Waals surface area contributed by atoms with Crippen LogP contribution in [0.1, 0.15) is 44.9 Å². The van der Waals surface area contributed by atoms with Crippen molar-refractivity contribution in [1.29, 1.82) is 0 Å². The molecule has 1 fully saturated rings. The highest BCUT2D eigenvalue weighted by atomic mass is 127. The first-order chi connectivity index (χ1) is 13.2. The number of halogens is 1. The third-order valence-electron chi connectivity index (χ3n) is 5.23. The van der Waals surface area contributed by atoms with Crippen molar-refractivity contribution in [1.82, 2.24) is 19.5 Å². The molecule has 1 unspecified atom stereocenters. The van der Waals surface area contributed by atoms with Crippen LogP contribution in [0, 0.1) is 5.92 Å². The van der Waals surface area contributed by atoms with Gasteiger partial charge < -0.3 is 22.8 Å². The Hall–Kier alpha value is -1.20. The number of nitrogens with zero attached hydrogens (tertiary/aromatic N) is 4. The quantitative estimate of drug-likeness (QED) is 0.510. The van der Waals surface area contributed by atoms with Crippen LogP contribution in [0.3, 0.4) is 0 Å². The summed E-state index contributed by atoms with van der Waals surface area (Å²) in [5.74, 6) is 1.11. The summed E-state index contributed by atoms with van der Waals surface area (Å²) in [6, 6.07) is 0.330. The zero-order valence-electron chi connectivity index (χ0n) is 15.8. The van der Waals surface area contributed by atoms with E-state index in [0.29, 0.717) is 42.8 Å². The highest BCUT2D eigenvalue weighted by Gasteiger charge is 2.16. The first-order valence-corrected chi connectivity index (χ1v) is 10.5. The van der Waals surface area contributed by atoms with E-state index >= 15 is 0 Å². The molecule has 0 bridgehead atoms. The van der Waals surface area contributed by atoms with E-state index in [1.807, 2.05) is 27.6 Å². The predicted molar refractivity (Wildman–Crippen MR) is 112 cm³/mol. The molecule has 0 aromatic carbocycles. The van der Waals surface area contributed by atoms with E-state index in [1.54, 1.807) is 13.4 Å². The lowest BCUT2D eigenvalue weighted by atomic mass is 9.87.